The predicted molar refractivity (Wildman–Crippen MR) is 72.8 cm³/mol. The molecule has 0 aliphatic rings. The van der Waals surface area contributed by atoms with Crippen LogP contribution in [-0.4, -0.2) is 17.8 Å². The van der Waals surface area contributed by atoms with Gasteiger partial charge in [0, 0.05) is 6.08 Å². The molecule has 21 heavy (non-hydrogen) atoms. The van der Waals surface area contributed by atoms with Crippen molar-refractivity contribution in [2.75, 3.05) is 6.61 Å². The Morgan fingerprint density at radius 1 is 1.19 bits per heavy atom. The number of ether oxygens (including phenoxy) is 1. The van der Waals surface area contributed by atoms with Crippen molar-refractivity contribution in [2.24, 2.45) is 0 Å². The van der Waals surface area contributed by atoms with Gasteiger partial charge < -0.3 is 4.74 Å². The molecule has 0 aromatic heterocycles. The van der Waals surface area contributed by atoms with Gasteiger partial charge in [0.25, 0.3) is 10.2 Å². The summed E-state index contributed by atoms with van der Waals surface area (Å²) in [6.45, 7) is 1.40. The molecule has 0 bridgehead atoms. The summed E-state index contributed by atoms with van der Waals surface area (Å²) in [6, 6.07) is 7.09. The van der Waals surface area contributed by atoms with E-state index in [1.807, 2.05) is 0 Å². The van der Waals surface area contributed by atoms with Crippen LogP contribution < -0.4 is 0 Å². The summed E-state index contributed by atoms with van der Waals surface area (Å²) in [6.07, 6.45) is -0.365. The van der Waals surface area contributed by atoms with E-state index >= 15 is 0 Å². The molecule has 0 aliphatic carbocycles. The van der Waals surface area contributed by atoms with E-state index in [1.165, 1.54) is 31.2 Å². The molecule has 8 heteroatoms. The fourth-order valence-corrected chi connectivity index (χ4v) is 2.48. The zero-order valence-corrected chi connectivity index (χ0v) is 12.0. The minimum atomic E-state index is -9.77. The first kappa shape index (κ1) is 17.5. The zero-order valence-electron chi connectivity index (χ0n) is 11.1. The molecule has 1 aromatic rings. The Morgan fingerprint density at radius 2 is 1.76 bits per heavy atom. The summed E-state index contributed by atoms with van der Waals surface area (Å²) in [5.41, 5.74) is 0.101. The largest absolute Gasteiger partial charge is 0.463 e. The molecule has 1 unspecified atom stereocenters. The highest BCUT2D eigenvalue weighted by molar-refractivity contribution is 8.46. The monoisotopic (exact) mass is 330 g/mol. The Morgan fingerprint density at radius 3 is 2.24 bits per heavy atom. The van der Waals surface area contributed by atoms with Crippen LogP contribution in [0.2, 0.25) is 0 Å². The highest BCUT2D eigenvalue weighted by Crippen LogP contribution is 3.00. The van der Waals surface area contributed by atoms with Gasteiger partial charge in [-0.25, -0.2) is 4.79 Å². The summed E-state index contributed by atoms with van der Waals surface area (Å²) in [5.74, 6) is -1.09. The number of carbonyl (C=O) groups excluding carboxylic acids is 1. The van der Waals surface area contributed by atoms with Crippen LogP contribution in [0.3, 0.4) is 0 Å². The van der Waals surface area contributed by atoms with Crippen LogP contribution in [0, 0.1) is 0 Å². The highest BCUT2D eigenvalue weighted by atomic mass is 32.5. The van der Waals surface area contributed by atoms with Gasteiger partial charge in [-0.15, -0.1) is 0 Å². The molecule has 1 aromatic carbocycles. The normalized spacial score (nSPS) is 17.0. The molecule has 0 fully saturated rings. The molecule has 1 atom stereocenters. The summed E-state index contributed by atoms with van der Waals surface area (Å²) >= 11 is 0. The molecule has 0 saturated carbocycles. The molecule has 1 rings (SSSR count). The van der Waals surface area contributed by atoms with E-state index in [4.69, 9.17) is 0 Å². The molecular formula is C13H15F5O2S. The van der Waals surface area contributed by atoms with Crippen LogP contribution >= 0.6 is 10.2 Å². The first-order valence-corrected chi connectivity index (χ1v) is 8.05. The summed E-state index contributed by atoms with van der Waals surface area (Å²) in [4.78, 5) is 11.0. The number of carbonyl (C=O) groups is 1. The average molecular weight is 330 g/mol. The van der Waals surface area contributed by atoms with Crippen molar-refractivity contribution in [2.45, 2.75) is 18.6 Å². The predicted octanol–water partition coefficient (Wildman–Crippen LogP) is 5.02. The van der Waals surface area contributed by atoms with Crippen molar-refractivity contribution in [1.29, 1.82) is 0 Å². The number of halogens is 5. The van der Waals surface area contributed by atoms with Crippen molar-refractivity contribution >= 4 is 16.2 Å². The fourth-order valence-electron chi connectivity index (χ4n) is 1.60. The summed E-state index contributed by atoms with van der Waals surface area (Å²) < 4.78 is 69.4. The number of esters is 1. The van der Waals surface area contributed by atoms with E-state index in [0.29, 0.717) is 6.08 Å². The summed E-state index contributed by atoms with van der Waals surface area (Å²) in [5, 5.41) is -3.02. The van der Waals surface area contributed by atoms with Gasteiger partial charge in [-0.2, -0.15) is 0 Å². The highest BCUT2D eigenvalue weighted by Gasteiger charge is 2.68. The molecule has 0 heterocycles. The van der Waals surface area contributed by atoms with Crippen LogP contribution in [0.5, 0.6) is 0 Å². The minimum Gasteiger partial charge on any atom is -0.463 e. The van der Waals surface area contributed by atoms with E-state index in [-0.39, 0.29) is 18.2 Å². The van der Waals surface area contributed by atoms with Crippen molar-refractivity contribution < 1.29 is 29.0 Å². The Bertz CT molecular complexity index is 524. The van der Waals surface area contributed by atoms with Gasteiger partial charge in [0.1, 0.15) is 5.25 Å². The SMILES string of the molecule is CCOC(=O)/C=C/C(Cc1ccccc1)S(F)(F)(F)(F)F. The Balaban J connectivity index is 3.06. The van der Waals surface area contributed by atoms with Crippen molar-refractivity contribution in [3.05, 3.63) is 48.0 Å². The third kappa shape index (κ3) is 6.16. The lowest BCUT2D eigenvalue weighted by Crippen LogP contribution is -2.26. The second-order valence-electron chi connectivity index (χ2n) is 4.37. The quantitative estimate of drug-likeness (QED) is 0.416. The Labute approximate surface area is 119 Å². The second kappa shape index (κ2) is 5.32. The van der Waals surface area contributed by atoms with Gasteiger partial charge in [0.05, 0.1) is 6.61 Å². The topological polar surface area (TPSA) is 26.3 Å². The standard InChI is InChI=1S/C13H15F5O2S/c1-2-20-13(19)9-8-12(21(14,15,16,17)18)10-11-6-4-3-5-7-11/h3-9,12H,2,10H2,1H3/b9-8+. The van der Waals surface area contributed by atoms with E-state index in [1.54, 1.807) is 6.07 Å². The molecule has 120 valence electrons. The van der Waals surface area contributed by atoms with E-state index < -0.39 is 27.9 Å². The van der Waals surface area contributed by atoms with Crippen molar-refractivity contribution in [1.82, 2.24) is 0 Å². The molecule has 2 nitrogen and oxygen atoms in total. The lowest BCUT2D eigenvalue weighted by Gasteiger charge is -2.46. The van der Waals surface area contributed by atoms with E-state index in [0.717, 1.165) is 0 Å². The van der Waals surface area contributed by atoms with Gasteiger partial charge in [-0.3, -0.25) is 0 Å². The molecular weight excluding hydrogens is 315 g/mol. The van der Waals surface area contributed by atoms with Crippen LogP contribution in [-0.2, 0) is 16.0 Å². The van der Waals surface area contributed by atoms with Gasteiger partial charge in [0.2, 0.25) is 0 Å². The third-order valence-electron chi connectivity index (χ3n) is 2.59. The maximum Gasteiger partial charge on any atom is 0.330 e. The van der Waals surface area contributed by atoms with Crippen molar-refractivity contribution in [3.8, 4) is 0 Å². The van der Waals surface area contributed by atoms with Crippen molar-refractivity contribution in [3.63, 3.8) is 0 Å². The van der Waals surface area contributed by atoms with Crippen LogP contribution in [0.1, 0.15) is 12.5 Å². The number of hydrogen-bond acceptors (Lipinski definition) is 2. The lowest BCUT2D eigenvalue weighted by molar-refractivity contribution is -0.137. The molecule has 0 radical (unpaired) electrons. The van der Waals surface area contributed by atoms with Gasteiger partial charge in [-0.1, -0.05) is 55.8 Å². The fraction of sp³-hybridized carbons (Fsp3) is 0.308. The molecule has 0 spiro atoms. The second-order valence-corrected chi connectivity index (χ2v) is 7.03. The molecule has 0 saturated heterocycles. The van der Waals surface area contributed by atoms with Crippen LogP contribution in [0.15, 0.2) is 42.5 Å². The number of benzene rings is 1. The van der Waals surface area contributed by atoms with Gasteiger partial charge in [-0.05, 0) is 18.9 Å². The van der Waals surface area contributed by atoms with Gasteiger partial charge in [0.15, 0.2) is 0 Å². The first-order valence-electron chi connectivity index (χ1n) is 6.04. The van der Waals surface area contributed by atoms with E-state index in [2.05, 4.69) is 4.74 Å². The number of rotatable bonds is 6. The smallest absolute Gasteiger partial charge is 0.330 e. The Kier molecular flexibility index (Phi) is 4.43. The third-order valence-corrected chi connectivity index (χ3v) is 4.05. The minimum absolute atomic E-state index is 0.0526. The maximum absolute atomic E-state index is 13.0. The number of hydrogen-bond donors (Lipinski definition) is 0. The maximum atomic E-state index is 13.0. The lowest BCUT2D eigenvalue weighted by atomic mass is 10.1. The van der Waals surface area contributed by atoms with E-state index in [9.17, 15) is 24.2 Å². The molecule has 0 amide bonds. The van der Waals surface area contributed by atoms with Gasteiger partial charge >= 0.3 is 5.97 Å². The zero-order chi connectivity index (χ0) is 16.2. The van der Waals surface area contributed by atoms with Crippen LogP contribution in [0.25, 0.3) is 0 Å². The average Bonchev–Trinajstić information content (AvgIpc) is 2.33. The Hall–Kier alpha value is -1.57. The first-order chi connectivity index (χ1) is 9.42. The molecule has 0 aliphatic heterocycles. The van der Waals surface area contributed by atoms with Crippen LogP contribution in [0.4, 0.5) is 19.4 Å². The molecule has 0 N–H and O–H groups in total. The summed E-state index contributed by atoms with van der Waals surface area (Å²) in [7, 11) is -9.77.